The SMILES string of the molecule is Cc1cnc(OCc2cc(C)on2)cn1. The Hall–Kier alpha value is -1.91. The summed E-state index contributed by atoms with van der Waals surface area (Å²) in [6, 6.07) is 1.82. The highest BCUT2D eigenvalue weighted by Crippen LogP contribution is 2.08. The van der Waals surface area contributed by atoms with E-state index < -0.39 is 0 Å². The monoisotopic (exact) mass is 205 g/mol. The van der Waals surface area contributed by atoms with E-state index >= 15 is 0 Å². The standard InChI is InChI=1S/C10H11N3O2/c1-7-4-12-10(5-11-7)14-6-9-3-8(2)15-13-9/h3-5H,6H2,1-2H3. The maximum Gasteiger partial charge on any atom is 0.232 e. The average molecular weight is 205 g/mol. The highest BCUT2D eigenvalue weighted by atomic mass is 16.5. The summed E-state index contributed by atoms with van der Waals surface area (Å²) in [4.78, 5) is 8.12. The first kappa shape index (κ1) is 9.64. The van der Waals surface area contributed by atoms with Crippen molar-refractivity contribution < 1.29 is 9.26 Å². The normalized spacial score (nSPS) is 10.3. The maximum absolute atomic E-state index is 5.36. The summed E-state index contributed by atoms with van der Waals surface area (Å²) in [5.74, 6) is 1.25. The van der Waals surface area contributed by atoms with Crippen molar-refractivity contribution in [1.29, 1.82) is 0 Å². The number of nitrogens with zero attached hydrogens (tertiary/aromatic N) is 3. The average Bonchev–Trinajstić information content (AvgIpc) is 2.64. The van der Waals surface area contributed by atoms with E-state index in [4.69, 9.17) is 9.26 Å². The summed E-state index contributed by atoms with van der Waals surface area (Å²) in [6.45, 7) is 4.05. The molecule has 0 spiro atoms. The van der Waals surface area contributed by atoms with Gasteiger partial charge in [-0.25, -0.2) is 4.98 Å². The fraction of sp³-hybridized carbons (Fsp3) is 0.300. The number of hydrogen-bond acceptors (Lipinski definition) is 5. The van der Waals surface area contributed by atoms with Crippen LogP contribution in [0.3, 0.4) is 0 Å². The smallest absolute Gasteiger partial charge is 0.232 e. The summed E-state index contributed by atoms with van der Waals surface area (Å²) in [6.07, 6.45) is 3.24. The second-order valence-electron chi connectivity index (χ2n) is 3.21. The van der Waals surface area contributed by atoms with Crippen molar-refractivity contribution in [2.24, 2.45) is 0 Å². The third-order valence-electron chi connectivity index (χ3n) is 1.80. The Morgan fingerprint density at radius 3 is 2.73 bits per heavy atom. The van der Waals surface area contributed by atoms with Crippen LogP contribution in [0.25, 0.3) is 0 Å². The van der Waals surface area contributed by atoms with E-state index in [1.807, 2.05) is 19.9 Å². The predicted molar refractivity (Wildman–Crippen MR) is 52.3 cm³/mol. The van der Waals surface area contributed by atoms with Gasteiger partial charge in [-0.3, -0.25) is 4.98 Å². The van der Waals surface area contributed by atoms with Gasteiger partial charge < -0.3 is 9.26 Å². The van der Waals surface area contributed by atoms with Crippen molar-refractivity contribution in [3.05, 3.63) is 35.6 Å². The minimum Gasteiger partial charge on any atom is -0.470 e. The fourth-order valence-electron chi connectivity index (χ4n) is 1.09. The number of hydrogen-bond donors (Lipinski definition) is 0. The van der Waals surface area contributed by atoms with Crippen molar-refractivity contribution in [2.45, 2.75) is 20.5 Å². The van der Waals surface area contributed by atoms with E-state index in [0.29, 0.717) is 12.5 Å². The highest BCUT2D eigenvalue weighted by molar-refractivity contribution is 5.08. The first-order chi connectivity index (χ1) is 7.24. The third kappa shape index (κ3) is 2.52. The Morgan fingerprint density at radius 1 is 1.27 bits per heavy atom. The fourth-order valence-corrected chi connectivity index (χ4v) is 1.09. The lowest BCUT2D eigenvalue weighted by Crippen LogP contribution is -1.98. The number of ether oxygens (including phenoxy) is 1. The first-order valence-corrected chi connectivity index (χ1v) is 4.57. The van der Waals surface area contributed by atoms with E-state index in [1.54, 1.807) is 12.4 Å². The minimum absolute atomic E-state index is 0.342. The van der Waals surface area contributed by atoms with E-state index in [-0.39, 0.29) is 0 Å². The molecule has 0 radical (unpaired) electrons. The molecule has 0 unspecified atom stereocenters. The molecule has 0 aliphatic heterocycles. The van der Waals surface area contributed by atoms with Crippen LogP contribution in [0.4, 0.5) is 0 Å². The molecule has 5 heteroatoms. The Kier molecular flexibility index (Phi) is 2.62. The van der Waals surface area contributed by atoms with Crippen molar-refractivity contribution >= 4 is 0 Å². The molecule has 5 nitrogen and oxygen atoms in total. The summed E-state index contributed by atoms with van der Waals surface area (Å²) in [7, 11) is 0. The van der Waals surface area contributed by atoms with Crippen molar-refractivity contribution in [2.75, 3.05) is 0 Å². The zero-order valence-electron chi connectivity index (χ0n) is 8.60. The largest absolute Gasteiger partial charge is 0.470 e. The van der Waals surface area contributed by atoms with Crippen molar-refractivity contribution in [3.63, 3.8) is 0 Å². The molecule has 0 aliphatic rings. The van der Waals surface area contributed by atoms with Gasteiger partial charge in [-0.15, -0.1) is 0 Å². The number of rotatable bonds is 3. The molecule has 0 fully saturated rings. The van der Waals surface area contributed by atoms with Crippen LogP contribution in [0.2, 0.25) is 0 Å². The molecule has 0 bridgehead atoms. The molecular formula is C10H11N3O2. The van der Waals surface area contributed by atoms with Crippen LogP contribution in [0.1, 0.15) is 17.1 Å². The second-order valence-corrected chi connectivity index (χ2v) is 3.21. The van der Waals surface area contributed by atoms with Crippen LogP contribution in [-0.4, -0.2) is 15.1 Å². The number of aromatic nitrogens is 3. The summed E-state index contributed by atoms with van der Waals surface area (Å²) >= 11 is 0. The van der Waals surface area contributed by atoms with Crippen LogP contribution in [-0.2, 0) is 6.61 Å². The molecule has 0 aromatic carbocycles. The zero-order valence-corrected chi connectivity index (χ0v) is 8.60. The Morgan fingerprint density at radius 2 is 2.13 bits per heavy atom. The van der Waals surface area contributed by atoms with Crippen LogP contribution in [0.15, 0.2) is 23.0 Å². The van der Waals surface area contributed by atoms with E-state index in [2.05, 4.69) is 15.1 Å². The van der Waals surface area contributed by atoms with Gasteiger partial charge >= 0.3 is 0 Å². The lowest BCUT2D eigenvalue weighted by atomic mass is 10.4. The van der Waals surface area contributed by atoms with Gasteiger partial charge in [-0.2, -0.15) is 0 Å². The van der Waals surface area contributed by atoms with E-state index in [9.17, 15) is 0 Å². The zero-order chi connectivity index (χ0) is 10.7. The molecule has 0 atom stereocenters. The van der Waals surface area contributed by atoms with Crippen LogP contribution < -0.4 is 4.74 Å². The Bertz CT molecular complexity index is 436. The maximum atomic E-state index is 5.36. The molecule has 0 saturated carbocycles. The van der Waals surface area contributed by atoms with E-state index in [0.717, 1.165) is 17.1 Å². The van der Waals surface area contributed by atoms with Crippen LogP contribution >= 0.6 is 0 Å². The van der Waals surface area contributed by atoms with Crippen molar-refractivity contribution in [1.82, 2.24) is 15.1 Å². The molecule has 0 saturated heterocycles. The molecule has 2 aromatic heterocycles. The summed E-state index contributed by atoms with van der Waals surface area (Å²) < 4.78 is 10.3. The lowest BCUT2D eigenvalue weighted by molar-refractivity contribution is 0.276. The highest BCUT2D eigenvalue weighted by Gasteiger charge is 2.02. The van der Waals surface area contributed by atoms with Gasteiger partial charge in [0.15, 0.2) is 0 Å². The topological polar surface area (TPSA) is 61.0 Å². The lowest BCUT2D eigenvalue weighted by Gasteiger charge is -2.01. The minimum atomic E-state index is 0.342. The van der Waals surface area contributed by atoms with Gasteiger partial charge in [-0.05, 0) is 13.8 Å². The van der Waals surface area contributed by atoms with Gasteiger partial charge in [0.1, 0.15) is 18.1 Å². The molecule has 2 heterocycles. The molecule has 2 aromatic rings. The Labute approximate surface area is 87.1 Å². The molecule has 2 rings (SSSR count). The summed E-state index contributed by atoms with van der Waals surface area (Å²) in [5, 5.41) is 3.80. The predicted octanol–water partition coefficient (Wildman–Crippen LogP) is 1.66. The first-order valence-electron chi connectivity index (χ1n) is 4.57. The van der Waals surface area contributed by atoms with Crippen molar-refractivity contribution in [3.8, 4) is 5.88 Å². The molecule has 0 amide bonds. The molecule has 0 N–H and O–H groups in total. The molecular weight excluding hydrogens is 194 g/mol. The number of aryl methyl sites for hydroxylation is 2. The molecule has 78 valence electrons. The van der Waals surface area contributed by atoms with Gasteiger partial charge in [0, 0.05) is 6.07 Å². The third-order valence-corrected chi connectivity index (χ3v) is 1.80. The quantitative estimate of drug-likeness (QED) is 0.762. The molecule has 15 heavy (non-hydrogen) atoms. The van der Waals surface area contributed by atoms with Gasteiger partial charge in [-0.1, -0.05) is 5.16 Å². The molecule has 0 aliphatic carbocycles. The van der Waals surface area contributed by atoms with Crippen LogP contribution in [0, 0.1) is 13.8 Å². The van der Waals surface area contributed by atoms with Gasteiger partial charge in [0.2, 0.25) is 5.88 Å². The second kappa shape index (κ2) is 4.08. The van der Waals surface area contributed by atoms with Gasteiger partial charge in [0.25, 0.3) is 0 Å². The van der Waals surface area contributed by atoms with E-state index in [1.165, 1.54) is 0 Å². The Balaban J connectivity index is 1.96. The van der Waals surface area contributed by atoms with Crippen LogP contribution in [0.5, 0.6) is 5.88 Å². The summed E-state index contributed by atoms with van der Waals surface area (Å²) in [5.41, 5.74) is 1.61. The van der Waals surface area contributed by atoms with Gasteiger partial charge in [0.05, 0.1) is 18.1 Å².